The molecule has 0 spiro atoms. The molecule has 0 saturated carbocycles. The predicted octanol–water partition coefficient (Wildman–Crippen LogP) is 3.66. The van der Waals surface area contributed by atoms with Crippen LogP contribution in [0.1, 0.15) is 28.4 Å². The van der Waals surface area contributed by atoms with E-state index in [4.69, 9.17) is 9.47 Å². The highest BCUT2D eigenvalue weighted by atomic mass is 32.1. The first-order chi connectivity index (χ1) is 9.24. The van der Waals surface area contributed by atoms with E-state index in [0.29, 0.717) is 13.2 Å². The van der Waals surface area contributed by atoms with Crippen LogP contribution in [0, 0.1) is 0 Å². The van der Waals surface area contributed by atoms with Gasteiger partial charge < -0.3 is 9.47 Å². The number of ether oxygens (including phenoxy) is 2. The summed E-state index contributed by atoms with van der Waals surface area (Å²) < 4.78 is 11.0. The summed E-state index contributed by atoms with van der Waals surface area (Å²) in [5.74, 6) is 0.106. The van der Waals surface area contributed by atoms with Crippen molar-refractivity contribution in [2.24, 2.45) is 0 Å². The van der Waals surface area contributed by atoms with E-state index in [-0.39, 0.29) is 12.1 Å². The van der Waals surface area contributed by atoms with Crippen LogP contribution >= 0.6 is 11.3 Å². The Morgan fingerprint density at radius 1 is 1.21 bits per heavy atom. The second kappa shape index (κ2) is 5.25. The van der Waals surface area contributed by atoms with Crippen LogP contribution in [0.25, 0.3) is 10.4 Å². The Balaban J connectivity index is 1.91. The maximum atomic E-state index is 11.3. The molecule has 0 N–H and O–H groups in total. The van der Waals surface area contributed by atoms with Crippen molar-refractivity contribution in [1.29, 1.82) is 0 Å². The SMILES string of the molecule is CC(=O)c1ccc(-c2cccc(C3OCCO3)c2)s1. The van der Waals surface area contributed by atoms with Gasteiger partial charge >= 0.3 is 0 Å². The zero-order valence-corrected chi connectivity index (χ0v) is 11.4. The van der Waals surface area contributed by atoms with E-state index in [0.717, 1.165) is 20.9 Å². The third-order valence-electron chi connectivity index (χ3n) is 3.02. The summed E-state index contributed by atoms with van der Waals surface area (Å²) in [6.07, 6.45) is -0.257. The van der Waals surface area contributed by atoms with Crippen LogP contribution in [-0.2, 0) is 9.47 Å². The molecule has 1 aromatic heterocycles. The number of benzene rings is 1. The van der Waals surface area contributed by atoms with Crippen LogP contribution in [-0.4, -0.2) is 19.0 Å². The highest BCUT2D eigenvalue weighted by Crippen LogP contribution is 2.31. The summed E-state index contributed by atoms with van der Waals surface area (Å²) >= 11 is 1.51. The number of carbonyl (C=O) groups excluding carboxylic acids is 1. The molecule has 0 radical (unpaired) electrons. The van der Waals surface area contributed by atoms with Crippen LogP contribution in [0.3, 0.4) is 0 Å². The normalized spacial score (nSPS) is 15.8. The molecule has 0 bridgehead atoms. The van der Waals surface area contributed by atoms with Crippen molar-refractivity contribution >= 4 is 17.1 Å². The van der Waals surface area contributed by atoms with Crippen LogP contribution in [0.15, 0.2) is 36.4 Å². The van der Waals surface area contributed by atoms with E-state index in [1.54, 1.807) is 6.92 Å². The molecule has 2 aromatic rings. The van der Waals surface area contributed by atoms with E-state index in [1.165, 1.54) is 11.3 Å². The number of ketones is 1. The average molecular weight is 274 g/mol. The highest BCUT2D eigenvalue weighted by molar-refractivity contribution is 7.17. The Kier molecular flexibility index (Phi) is 3.46. The first-order valence-electron chi connectivity index (χ1n) is 6.18. The quantitative estimate of drug-likeness (QED) is 0.801. The predicted molar refractivity (Wildman–Crippen MR) is 74.4 cm³/mol. The van der Waals surface area contributed by atoms with Crippen molar-refractivity contribution in [3.05, 3.63) is 46.8 Å². The van der Waals surface area contributed by atoms with Gasteiger partial charge in [-0.2, -0.15) is 0 Å². The third kappa shape index (κ3) is 2.61. The zero-order chi connectivity index (χ0) is 13.2. The molecule has 19 heavy (non-hydrogen) atoms. The Morgan fingerprint density at radius 3 is 2.68 bits per heavy atom. The molecule has 4 heteroatoms. The van der Waals surface area contributed by atoms with Gasteiger partial charge in [-0.1, -0.05) is 18.2 Å². The summed E-state index contributed by atoms with van der Waals surface area (Å²) in [7, 11) is 0. The molecular weight excluding hydrogens is 260 g/mol. The minimum Gasteiger partial charge on any atom is -0.346 e. The Bertz CT molecular complexity index is 597. The van der Waals surface area contributed by atoms with Gasteiger partial charge in [0.15, 0.2) is 12.1 Å². The fourth-order valence-corrected chi connectivity index (χ4v) is 2.97. The lowest BCUT2D eigenvalue weighted by Crippen LogP contribution is -1.97. The van der Waals surface area contributed by atoms with Gasteiger partial charge in [0.05, 0.1) is 18.1 Å². The van der Waals surface area contributed by atoms with Crippen LogP contribution in [0.2, 0.25) is 0 Å². The molecule has 1 aliphatic heterocycles. The molecule has 1 aliphatic rings. The van der Waals surface area contributed by atoms with E-state index < -0.39 is 0 Å². The van der Waals surface area contributed by atoms with Crippen LogP contribution in [0.4, 0.5) is 0 Å². The molecule has 0 amide bonds. The number of rotatable bonds is 3. The Morgan fingerprint density at radius 2 is 2.00 bits per heavy atom. The van der Waals surface area contributed by atoms with Crippen molar-refractivity contribution < 1.29 is 14.3 Å². The molecule has 1 saturated heterocycles. The van der Waals surface area contributed by atoms with E-state index in [9.17, 15) is 4.79 Å². The van der Waals surface area contributed by atoms with Gasteiger partial charge in [0.25, 0.3) is 0 Å². The smallest absolute Gasteiger partial charge is 0.184 e. The number of hydrogen-bond acceptors (Lipinski definition) is 4. The average Bonchev–Trinajstić information content (AvgIpc) is 3.10. The Labute approximate surface area is 115 Å². The van der Waals surface area contributed by atoms with Gasteiger partial charge in [0.1, 0.15) is 0 Å². The van der Waals surface area contributed by atoms with Crippen LogP contribution < -0.4 is 0 Å². The lowest BCUT2D eigenvalue weighted by Gasteiger charge is -2.10. The molecule has 3 nitrogen and oxygen atoms in total. The maximum absolute atomic E-state index is 11.3. The molecule has 1 aromatic carbocycles. The number of thiophene rings is 1. The largest absolute Gasteiger partial charge is 0.346 e. The van der Waals surface area contributed by atoms with Crippen molar-refractivity contribution in [1.82, 2.24) is 0 Å². The minimum absolute atomic E-state index is 0.106. The summed E-state index contributed by atoms with van der Waals surface area (Å²) in [5.41, 5.74) is 2.11. The van der Waals surface area contributed by atoms with E-state index >= 15 is 0 Å². The Hall–Kier alpha value is -1.49. The molecule has 98 valence electrons. The third-order valence-corrected chi connectivity index (χ3v) is 4.25. The summed E-state index contributed by atoms with van der Waals surface area (Å²) in [5, 5.41) is 0. The van der Waals surface area contributed by atoms with Gasteiger partial charge in [-0.15, -0.1) is 11.3 Å². The molecule has 3 rings (SSSR count). The number of hydrogen-bond donors (Lipinski definition) is 0. The lowest BCUT2D eigenvalue weighted by atomic mass is 10.1. The molecular formula is C15H14O3S. The molecule has 0 aliphatic carbocycles. The zero-order valence-electron chi connectivity index (χ0n) is 10.6. The van der Waals surface area contributed by atoms with Gasteiger partial charge in [-0.25, -0.2) is 0 Å². The molecule has 1 fully saturated rings. The second-order valence-corrected chi connectivity index (χ2v) is 5.50. The first kappa shape index (κ1) is 12.5. The first-order valence-corrected chi connectivity index (χ1v) is 7.00. The topological polar surface area (TPSA) is 35.5 Å². The second-order valence-electron chi connectivity index (χ2n) is 4.42. The summed E-state index contributed by atoms with van der Waals surface area (Å²) in [6.45, 7) is 2.87. The molecule has 0 atom stereocenters. The highest BCUT2D eigenvalue weighted by Gasteiger charge is 2.18. The monoisotopic (exact) mass is 274 g/mol. The standard InChI is InChI=1S/C15H14O3S/c1-10(16)13-5-6-14(19-13)11-3-2-4-12(9-11)15-17-7-8-18-15/h2-6,9,15H,7-8H2,1H3. The van der Waals surface area contributed by atoms with Gasteiger partial charge in [-0.3, -0.25) is 4.79 Å². The van der Waals surface area contributed by atoms with Gasteiger partial charge in [0.2, 0.25) is 0 Å². The molecule has 2 heterocycles. The van der Waals surface area contributed by atoms with Gasteiger partial charge in [-0.05, 0) is 30.7 Å². The summed E-state index contributed by atoms with van der Waals surface area (Å²) in [4.78, 5) is 13.2. The maximum Gasteiger partial charge on any atom is 0.184 e. The van der Waals surface area contributed by atoms with Crippen molar-refractivity contribution in [2.45, 2.75) is 13.2 Å². The lowest BCUT2D eigenvalue weighted by molar-refractivity contribution is -0.0440. The van der Waals surface area contributed by atoms with E-state index in [1.807, 2.05) is 30.3 Å². The van der Waals surface area contributed by atoms with Gasteiger partial charge in [0, 0.05) is 10.4 Å². The van der Waals surface area contributed by atoms with Crippen molar-refractivity contribution in [3.8, 4) is 10.4 Å². The summed E-state index contributed by atoms with van der Waals surface area (Å²) in [6, 6.07) is 11.9. The number of carbonyl (C=O) groups is 1. The van der Waals surface area contributed by atoms with E-state index in [2.05, 4.69) is 6.07 Å². The fraction of sp³-hybridized carbons (Fsp3) is 0.267. The molecule has 0 unspecified atom stereocenters. The fourth-order valence-electron chi connectivity index (χ4n) is 2.07. The minimum atomic E-state index is -0.257. The van der Waals surface area contributed by atoms with Crippen molar-refractivity contribution in [3.63, 3.8) is 0 Å². The van der Waals surface area contributed by atoms with Crippen molar-refractivity contribution in [2.75, 3.05) is 13.2 Å². The van der Waals surface area contributed by atoms with Crippen LogP contribution in [0.5, 0.6) is 0 Å². The number of Topliss-reactive ketones (excluding diaryl/α,β-unsaturated/α-hetero) is 1.